The maximum absolute atomic E-state index is 10.6. The van der Waals surface area contributed by atoms with Gasteiger partial charge in [-0.3, -0.25) is 10.1 Å². The smallest absolute Gasteiger partial charge is 0.274 e. The number of nitriles is 1. The predicted molar refractivity (Wildman–Crippen MR) is 70.3 cm³/mol. The Morgan fingerprint density at radius 1 is 1.37 bits per heavy atom. The average molecular weight is 275 g/mol. The summed E-state index contributed by atoms with van der Waals surface area (Å²) in [6, 6.07) is 9.33. The molecule has 0 radical (unpaired) electrons. The van der Waals surface area contributed by atoms with Gasteiger partial charge in [0.25, 0.3) is 5.69 Å². The molecule has 0 saturated carbocycles. The number of hydrogen-bond acceptors (Lipinski definition) is 5. The summed E-state index contributed by atoms with van der Waals surface area (Å²) in [6.45, 7) is 0. The molecule has 1 aromatic carbocycles. The normalized spacial score (nSPS) is 9.68. The summed E-state index contributed by atoms with van der Waals surface area (Å²) < 4.78 is 0. The average Bonchev–Trinajstić information content (AvgIpc) is 2.41. The number of nitrogens with zero attached hydrogens (tertiary/aromatic N) is 3. The molecule has 0 bridgehead atoms. The van der Waals surface area contributed by atoms with Gasteiger partial charge in [-0.05, 0) is 18.2 Å². The zero-order chi connectivity index (χ0) is 13.8. The quantitative estimate of drug-likeness (QED) is 0.685. The first-order valence-electron chi connectivity index (χ1n) is 5.17. The summed E-state index contributed by atoms with van der Waals surface area (Å²) in [7, 11) is 0. The Hall–Kier alpha value is -2.65. The van der Waals surface area contributed by atoms with E-state index in [4.69, 9.17) is 16.9 Å². The molecular formula is C12H7ClN4O2. The number of nitrogens with one attached hydrogen (secondary N) is 1. The number of aromatic nitrogens is 1. The van der Waals surface area contributed by atoms with Crippen LogP contribution in [0.15, 0.2) is 36.5 Å². The molecule has 1 aromatic heterocycles. The van der Waals surface area contributed by atoms with Gasteiger partial charge in [-0.15, -0.1) is 0 Å². The summed E-state index contributed by atoms with van der Waals surface area (Å²) in [4.78, 5) is 14.1. The van der Waals surface area contributed by atoms with Gasteiger partial charge in [-0.1, -0.05) is 11.6 Å². The molecule has 19 heavy (non-hydrogen) atoms. The van der Waals surface area contributed by atoms with Crippen LogP contribution in [0.2, 0.25) is 5.02 Å². The second-order valence-electron chi connectivity index (χ2n) is 3.59. The Balaban J connectivity index is 2.29. The predicted octanol–water partition coefficient (Wildman–Crippen LogP) is 3.26. The lowest BCUT2D eigenvalue weighted by atomic mass is 10.2. The first-order valence-corrected chi connectivity index (χ1v) is 5.55. The first kappa shape index (κ1) is 12.8. The first-order chi connectivity index (χ1) is 9.10. The van der Waals surface area contributed by atoms with E-state index in [0.717, 1.165) is 0 Å². The topological polar surface area (TPSA) is 91.8 Å². The number of hydrogen-bond donors (Lipinski definition) is 1. The van der Waals surface area contributed by atoms with E-state index in [1.165, 1.54) is 18.3 Å². The maximum Gasteiger partial charge on any atom is 0.274 e. The zero-order valence-electron chi connectivity index (χ0n) is 9.50. The maximum atomic E-state index is 10.6. The third-order valence-corrected chi connectivity index (χ3v) is 2.64. The molecule has 1 heterocycles. The van der Waals surface area contributed by atoms with Crippen LogP contribution >= 0.6 is 11.6 Å². The van der Waals surface area contributed by atoms with Crippen LogP contribution in [-0.4, -0.2) is 9.91 Å². The van der Waals surface area contributed by atoms with Crippen molar-refractivity contribution < 1.29 is 4.92 Å². The van der Waals surface area contributed by atoms with E-state index in [0.29, 0.717) is 22.1 Å². The highest BCUT2D eigenvalue weighted by Crippen LogP contribution is 2.23. The highest BCUT2D eigenvalue weighted by Gasteiger charge is 2.07. The lowest BCUT2D eigenvalue weighted by Gasteiger charge is -2.06. The molecule has 0 saturated heterocycles. The Morgan fingerprint density at radius 2 is 2.16 bits per heavy atom. The summed E-state index contributed by atoms with van der Waals surface area (Å²) in [5.74, 6) is 0.320. The molecule has 0 unspecified atom stereocenters. The third-order valence-electron chi connectivity index (χ3n) is 2.31. The molecule has 0 fully saturated rings. The molecule has 0 spiro atoms. The Bertz CT molecular complexity index is 682. The largest absolute Gasteiger partial charge is 0.340 e. The summed E-state index contributed by atoms with van der Waals surface area (Å²) in [5.41, 5.74) is 0.831. The van der Waals surface area contributed by atoms with E-state index in [1.54, 1.807) is 18.2 Å². The molecule has 0 aliphatic carbocycles. The number of rotatable bonds is 3. The highest BCUT2D eigenvalue weighted by atomic mass is 35.5. The van der Waals surface area contributed by atoms with E-state index in [1.807, 2.05) is 6.07 Å². The standard InChI is InChI=1S/C12H7ClN4O2/c13-11-2-1-9(5-8(11)7-14)16-12-6-10(17(18)19)3-4-15-12/h1-6H,(H,15,16). The van der Waals surface area contributed by atoms with E-state index >= 15 is 0 Å². The molecule has 2 aromatic rings. The van der Waals surface area contributed by atoms with Crippen molar-refractivity contribution in [2.45, 2.75) is 0 Å². The van der Waals surface area contributed by atoms with Gasteiger partial charge in [0.05, 0.1) is 21.6 Å². The Kier molecular flexibility index (Phi) is 3.59. The monoisotopic (exact) mass is 274 g/mol. The van der Waals surface area contributed by atoms with Gasteiger partial charge in [-0.25, -0.2) is 4.98 Å². The molecule has 1 N–H and O–H groups in total. The van der Waals surface area contributed by atoms with Crippen molar-refractivity contribution in [3.05, 3.63) is 57.2 Å². The van der Waals surface area contributed by atoms with Gasteiger partial charge in [0, 0.05) is 18.0 Å². The summed E-state index contributed by atoms with van der Waals surface area (Å²) in [5, 5.41) is 22.7. The van der Waals surface area contributed by atoms with E-state index in [-0.39, 0.29) is 5.69 Å². The van der Waals surface area contributed by atoms with Crippen molar-refractivity contribution in [1.82, 2.24) is 4.98 Å². The zero-order valence-corrected chi connectivity index (χ0v) is 10.3. The molecule has 0 amide bonds. The van der Waals surface area contributed by atoms with E-state index < -0.39 is 4.92 Å². The molecule has 94 valence electrons. The van der Waals surface area contributed by atoms with Gasteiger partial charge >= 0.3 is 0 Å². The van der Waals surface area contributed by atoms with Crippen molar-refractivity contribution in [3.8, 4) is 6.07 Å². The van der Waals surface area contributed by atoms with Gasteiger partial charge in [0.2, 0.25) is 0 Å². The highest BCUT2D eigenvalue weighted by molar-refractivity contribution is 6.31. The minimum Gasteiger partial charge on any atom is -0.340 e. The van der Waals surface area contributed by atoms with Crippen molar-refractivity contribution in [2.24, 2.45) is 0 Å². The minimum atomic E-state index is -0.505. The van der Waals surface area contributed by atoms with Gasteiger partial charge in [0.15, 0.2) is 0 Å². The fraction of sp³-hybridized carbons (Fsp3) is 0. The molecule has 0 aliphatic heterocycles. The molecule has 0 atom stereocenters. The second-order valence-corrected chi connectivity index (χ2v) is 4.00. The van der Waals surface area contributed by atoms with E-state index in [9.17, 15) is 10.1 Å². The second kappa shape index (κ2) is 5.33. The fourth-order valence-corrected chi connectivity index (χ4v) is 1.60. The van der Waals surface area contributed by atoms with Crippen LogP contribution in [0.1, 0.15) is 5.56 Å². The van der Waals surface area contributed by atoms with Gasteiger partial charge < -0.3 is 5.32 Å². The van der Waals surface area contributed by atoms with Crippen molar-refractivity contribution in [2.75, 3.05) is 5.32 Å². The lowest BCUT2D eigenvalue weighted by Crippen LogP contribution is -1.96. The number of pyridine rings is 1. The summed E-state index contributed by atoms with van der Waals surface area (Å²) in [6.07, 6.45) is 1.33. The van der Waals surface area contributed by atoms with Gasteiger partial charge in [0.1, 0.15) is 11.9 Å². The number of anilines is 2. The van der Waals surface area contributed by atoms with Crippen LogP contribution in [0.4, 0.5) is 17.2 Å². The Labute approximate surface area is 113 Å². The Morgan fingerprint density at radius 3 is 2.84 bits per heavy atom. The van der Waals surface area contributed by atoms with Crippen molar-refractivity contribution in [1.29, 1.82) is 5.26 Å². The number of halogens is 1. The lowest BCUT2D eigenvalue weighted by molar-refractivity contribution is -0.384. The third kappa shape index (κ3) is 2.97. The molecule has 2 rings (SSSR count). The van der Waals surface area contributed by atoms with E-state index in [2.05, 4.69) is 10.3 Å². The molecule has 0 aliphatic rings. The van der Waals surface area contributed by atoms with Crippen LogP contribution in [0, 0.1) is 21.4 Å². The molecule has 6 nitrogen and oxygen atoms in total. The number of nitro groups is 1. The van der Waals surface area contributed by atoms with Crippen LogP contribution in [0.25, 0.3) is 0 Å². The van der Waals surface area contributed by atoms with Crippen LogP contribution in [0.5, 0.6) is 0 Å². The van der Waals surface area contributed by atoms with Crippen LogP contribution in [0.3, 0.4) is 0 Å². The fourth-order valence-electron chi connectivity index (χ4n) is 1.44. The van der Waals surface area contributed by atoms with Gasteiger partial charge in [-0.2, -0.15) is 5.26 Å². The SMILES string of the molecule is N#Cc1cc(Nc2cc([N+](=O)[O-])ccn2)ccc1Cl. The van der Waals surface area contributed by atoms with Crippen molar-refractivity contribution in [3.63, 3.8) is 0 Å². The summed E-state index contributed by atoms with van der Waals surface area (Å²) >= 11 is 5.81. The van der Waals surface area contributed by atoms with Crippen LogP contribution < -0.4 is 5.32 Å². The number of benzene rings is 1. The molecular weight excluding hydrogens is 268 g/mol. The van der Waals surface area contributed by atoms with Crippen molar-refractivity contribution >= 4 is 28.8 Å². The molecule has 7 heteroatoms. The minimum absolute atomic E-state index is 0.0630. The van der Waals surface area contributed by atoms with Crippen LogP contribution in [-0.2, 0) is 0 Å².